The quantitative estimate of drug-likeness (QED) is 0.915. The van der Waals surface area contributed by atoms with Gasteiger partial charge in [-0.05, 0) is 17.7 Å². The summed E-state index contributed by atoms with van der Waals surface area (Å²) < 4.78 is 37.8. The Morgan fingerprint density at radius 1 is 1.30 bits per heavy atom. The molecule has 4 nitrogen and oxygen atoms in total. The van der Waals surface area contributed by atoms with E-state index in [1.165, 1.54) is 0 Å². The normalized spacial score (nSPS) is 11.4. The number of nitrogens with zero attached hydrogens (tertiary/aromatic N) is 1. The third-order valence-electron chi connectivity index (χ3n) is 2.53. The molecule has 106 valence electrons. The first-order valence-corrected chi connectivity index (χ1v) is 5.89. The fraction of sp³-hybridized carbons (Fsp3) is 0.167. The molecule has 0 spiro atoms. The molecule has 0 unspecified atom stereocenters. The van der Waals surface area contributed by atoms with E-state index in [0.717, 1.165) is 11.8 Å². The third kappa shape index (κ3) is 3.30. The number of benzene rings is 1. The number of halogens is 4. The van der Waals surface area contributed by atoms with E-state index < -0.39 is 23.3 Å². The highest BCUT2D eigenvalue weighted by molar-refractivity contribution is 6.30. The maximum atomic E-state index is 12.6. The Morgan fingerprint density at radius 3 is 2.55 bits per heavy atom. The van der Waals surface area contributed by atoms with Crippen molar-refractivity contribution in [1.82, 2.24) is 15.5 Å². The molecule has 2 rings (SSSR count). The molecule has 0 saturated carbocycles. The predicted molar refractivity (Wildman–Crippen MR) is 66.2 cm³/mol. The number of aromatic amines is 1. The Kier molecular flexibility index (Phi) is 3.99. The van der Waals surface area contributed by atoms with Gasteiger partial charge in [-0.1, -0.05) is 23.7 Å². The fourth-order valence-corrected chi connectivity index (χ4v) is 1.68. The van der Waals surface area contributed by atoms with Gasteiger partial charge in [-0.3, -0.25) is 9.89 Å². The summed E-state index contributed by atoms with van der Waals surface area (Å²) in [6.45, 7) is 0.0957. The smallest absolute Gasteiger partial charge is 0.348 e. The number of H-pyrrole nitrogens is 1. The Balaban J connectivity index is 2.06. The van der Waals surface area contributed by atoms with Gasteiger partial charge in [-0.25, -0.2) is 0 Å². The van der Waals surface area contributed by atoms with E-state index in [1.54, 1.807) is 29.4 Å². The first-order valence-electron chi connectivity index (χ1n) is 5.51. The molecule has 0 bridgehead atoms. The van der Waals surface area contributed by atoms with Gasteiger partial charge in [0.2, 0.25) is 0 Å². The minimum atomic E-state index is -4.65. The lowest BCUT2D eigenvalue weighted by atomic mass is 10.2. The highest BCUT2D eigenvalue weighted by Gasteiger charge is 2.37. The first kappa shape index (κ1) is 14.4. The number of hydrogen-bond acceptors (Lipinski definition) is 2. The van der Waals surface area contributed by atoms with Crippen LogP contribution in [0.1, 0.15) is 21.6 Å². The van der Waals surface area contributed by atoms with Gasteiger partial charge in [0.05, 0.1) is 11.8 Å². The molecule has 2 aromatic rings. The SMILES string of the molecule is O=C(NCc1ccc(Cl)cc1)c1cn[nH]c1C(F)(F)F. The summed E-state index contributed by atoms with van der Waals surface area (Å²) in [6.07, 6.45) is -3.80. The summed E-state index contributed by atoms with van der Waals surface area (Å²) in [6, 6.07) is 6.59. The lowest BCUT2D eigenvalue weighted by Gasteiger charge is -2.08. The Bertz CT molecular complexity index is 607. The van der Waals surface area contributed by atoms with Gasteiger partial charge in [0.15, 0.2) is 5.69 Å². The monoisotopic (exact) mass is 303 g/mol. The van der Waals surface area contributed by atoms with Crippen LogP contribution in [0.4, 0.5) is 13.2 Å². The van der Waals surface area contributed by atoms with E-state index in [4.69, 9.17) is 11.6 Å². The molecular weight excluding hydrogens is 295 g/mol. The minimum absolute atomic E-state index is 0.0957. The standard InChI is InChI=1S/C12H9ClF3N3O/c13-8-3-1-7(2-4-8)5-17-11(20)9-6-18-19-10(9)12(14,15)16/h1-4,6H,5H2,(H,17,20)(H,18,19). The van der Waals surface area contributed by atoms with Gasteiger partial charge in [0.25, 0.3) is 5.91 Å². The van der Waals surface area contributed by atoms with Crippen molar-refractivity contribution in [2.24, 2.45) is 0 Å². The van der Waals surface area contributed by atoms with Gasteiger partial charge in [0, 0.05) is 11.6 Å². The van der Waals surface area contributed by atoms with Crippen LogP contribution in [0, 0.1) is 0 Å². The molecule has 1 heterocycles. The van der Waals surface area contributed by atoms with Crippen LogP contribution in [0.5, 0.6) is 0 Å². The van der Waals surface area contributed by atoms with Crippen LogP contribution in [-0.2, 0) is 12.7 Å². The fourth-order valence-electron chi connectivity index (χ4n) is 1.55. The van der Waals surface area contributed by atoms with E-state index in [-0.39, 0.29) is 6.54 Å². The summed E-state index contributed by atoms with van der Waals surface area (Å²) in [5, 5.41) is 7.96. The Morgan fingerprint density at radius 2 is 1.95 bits per heavy atom. The summed E-state index contributed by atoms with van der Waals surface area (Å²) in [5.74, 6) is -0.846. The zero-order valence-corrected chi connectivity index (χ0v) is 10.7. The van der Waals surface area contributed by atoms with Crippen LogP contribution in [0.2, 0.25) is 5.02 Å². The minimum Gasteiger partial charge on any atom is -0.348 e. The van der Waals surface area contributed by atoms with Crippen molar-refractivity contribution in [1.29, 1.82) is 0 Å². The van der Waals surface area contributed by atoms with Crippen molar-refractivity contribution in [2.75, 3.05) is 0 Å². The average molecular weight is 304 g/mol. The van der Waals surface area contributed by atoms with E-state index in [9.17, 15) is 18.0 Å². The van der Waals surface area contributed by atoms with Crippen molar-refractivity contribution in [3.63, 3.8) is 0 Å². The second-order valence-electron chi connectivity index (χ2n) is 3.97. The molecule has 0 aliphatic rings. The van der Waals surface area contributed by atoms with Crippen LogP contribution in [0.15, 0.2) is 30.5 Å². The number of carbonyl (C=O) groups is 1. The molecule has 1 aromatic carbocycles. The Hall–Kier alpha value is -2.02. The van der Waals surface area contributed by atoms with Gasteiger partial charge in [-0.2, -0.15) is 18.3 Å². The number of aromatic nitrogens is 2. The summed E-state index contributed by atoms with van der Waals surface area (Å²) in [4.78, 5) is 11.7. The molecule has 0 aliphatic heterocycles. The van der Waals surface area contributed by atoms with Gasteiger partial charge in [0.1, 0.15) is 0 Å². The van der Waals surface area contributed by atoms with Crippen LogP contribution in [0.25, 0.3) is 0 Å². The number of nitrogens with one attached hydrogen (secondary N) is 2. The molecule has 0 radical (unpaired) electrons. The van der Waals surface area contributed by atoms with Crippen molar-refractivity contribution >= 4 is 17.5 Å². The van der Waals surface area contributed by atoms with E-state index in [0.29, 0.717) is 5.02 Å². The molecule has 0 fully saturated rings. The molecule has 0 aliphatic carbocycles. The maximum Gasteiger partial charge on any atom is 0.433 e. The van der Waals surface area contributed by atoms with Crippen molar-refractivity contribution in [3.8, 4) is 0 Å². The number of carbonyl (C=O) groups excluding carboxylic acids is 1. The molecule has 1 aromatic heterocycles. The molecule has 20 heavy (non-hydrogen) atoms. The van der Waals surface area contributed by atoms with Gasteiger partial charge in [-0.15, -0.1) is 0 Å². The molecule has 1 amide bonds. The number of hydrogen-bond donors (Lipinski definition) is 2. The van der Waals surface area contributed by atoms with Crippen LogP contribution in [-0.4, -0.2) is 16.1 Å². The summed E-state index contributed by atoms with van der Waals surface area (Å²) in [7, 11) is 0. The molecule has 8 heteroatoms. The highest BCUT2D eigenvalue weighted by atomic mass is 35.5. The second kappa shape index (κ2) is 5.54. The van der Waals surface area contributed by atoms with Crippen molar-refractivity contribution in [3.05, 3.63) is 52.3 Å². The first-order chi connectivity index (χ1) is 9.38. The second-order valence-corrected chi connectivity index (χ2v) is 4.40. The van der Waals surface area contributed by atoms with Crippen LogP contribution >= 0.6 is 11.6 Å². The third-order valence-corrected chi connectivity index (χ3v) is 2.79. The highest BCUT2D eigenvalue weighted by Crippen LogP contribution is 2.29. The lowest BCUT2D eigenvalue weighted by molar-refractivity contribution is -0.141. The number of alkyl halides is 3. The number of amides is 1. The van der Waals surface area contributed by atoms with E-state index in [1.807, 2.05) is 0 Å². The zero-order chi connectivity index (χ0) is 14.8. The average Bonchev–Trinajstić information content (AvgIpc) is 2.87. The summed E-state index contributed by atoms with van der Waals surface area (Å²) >= 11 is 5.70. The van der Waals surface area contributed by atoms with Crippen molar-refractivity contribution < 1.29 is 18.0 Å². The summed E-state index contributed by atoms with van der Waals surface area (Å²) in [5.41, 5.74) is -0.975. The largest absolute Gasteiger partial charge is 0.433 e. The molecule has 2 N–H and O–H groups in total. The molecule has 0 atom stereocenters. The maximum absolute atomic E-state index is 12.6. The molecule has 0 saturated heterocycles. The van der Waals surface area contributed by atoms with Crippen LogP contribution in [0.3, 0.4) is 0 Å². The van der Waals surface area contributed by atoms with Crippen molar-refractivity contribution in [2.45, 2.75) is 12.7 Å². The Labute approximate surface area is 116 Å². The van der Waals surface area contributed by atoms with E-state index >= 15 is 0 Å². The van der Waals surface area contributed by atoms with Crippen LogP contribution < -0.4 is 5.32 Å². The molecular formula is C12H9ClF3N3O. The lowest BCUT2D eigenvalue weighted by Crippen LogP contribution is -2.25. The van der Waals surface area contributed by atoms with E-state index in [2.05, 4.69) is 10.4 Å². The topological polar surface area (TPSA) is 57.8 Å². The van der Waals surface area contributed by atoms with Gasteiger partial charge >= 0.3 is 6.18 Å². The number of rotatable bonds is 3. The van der Waals surface area contributed by atoms with Gasteiger partial charge < -0.3 is 5.32 Å². The predicted octanol–water partition coefficient (Wildman–Crippen LogP) is 3.01. The zero-order valence-electron chi connectivity index (χ0n) is 9.96.